The molecule has 0 aliphatic heterocycles. The Bertz CT molecular complexity index is 596. The number of carbonyl (C=O) groups excluding carboxylic acids is 1. The summed E-state index contributed by atoms with van der Waals surface area (Å²) < 4.78 is 13.0. The number of nitrogens with zero attached hydrogens (tertiary/aromatic N) is 2. The van der Waals surface area contributed by atoms with Gasteiger partial charge in [0, 0.05) is 31.9 Å². The summed E-state index contributed by atoms with van der Waals surface area (Å²) in [6.07, 6.45) is 4.43. The molecule has 1 heterocycles. The van der Waals surface area contributed by atoms with Gasteiger partial charge in [-0.15, -0.1) is 0 Å². The summed E-state index contributed by atoms with van der Waals surface area (Å²) in [5.74, 6) is 1.55. The van der Waals surface area contributed by atoms with Gasteiger partial charge in [-0.05, 0) is 31.2 Å². The second-order valence-corrected chi connectivity index (χ2v) is 5.14. The number of benzene rings is 1. The van der Waals surface area contributed by atoms with Gasteiger partial charge in [-0.2, -0.15) is 0 Å². The minimum Gasteiger partial charge on any atom is -0.493 e. The first-order chi connectivity index (χ1) is 11.2. The van der Waals surface area contributed by atoms with Crippen molar-refractivity contribution in [3.8, 4) is 11.5 Å². The number of hydrogen-bond acceptors (Lipinski definition) is 3. The lowest BCUT2D eigenvalue weighted by Crippen LogP contribution is -2.34. The molecule has 0 aliphatic carbocycles. The van der Waals surface area contributed by atoms with Crippen molar-refractivity contribution in [2.24, 2.45) is 0 Å². The topological polar surface area (TPSA) is 43.7 Å². The van der Waals surface area contributed by atoms with Crippen LogP contribution in [0.4, 0.5) is 0 Å². The van der Waals surface area contributed by atoms with Crippen LogP contribution in [0.2, 0.25) is 0 Å². The summed E-state index contributed by atoms with van der Waals surface area (Å²) in [7, 11) is 1.62. The number of hydrogen-bond donors (Lipinski definition) is 0. The van der Waals surface area contributed by atoms with E-state index in [0.717, 1.165) is 0 Å². The van der Waals surface area contributed by atoms with E-state index in [1.165, 1.54) is 0 Å². The van der Waals surface area contributed by atoms with Gasteiger partial charge in [-0.3, -0.25) is 4.79 Å². The second-order valence-electron chi connectivity index (χ2n) is 5.14. The van der Waals surface area contributed by atoms with E-state index in [-0.39, 0.29) is 5.91 Å². The minimum atomic E-state index is 0.143. The van der Waals surface area contributed by atoms with Crippen molar-refractivity contribution in [1.29, 1.82) is 0 Å². The standard InChI is InChI=1S/C18H24N2O3/c1-3-20(18(21)10-13-19-11-6-7-12-19)14-15-23-17-9-5-4-8-16(17)22-2/h4-9,11-12H,3,10,13-15H2,1-2H3. The molecular weight excluding hydrogens is 292 g/mol. The average molecular weight is 316 g/mol. The van der Waals surface area contributed by atoms with Crippen LogP contribution >= 0.6 is 0 Å². The highest BCUT2D eigenvalue weighted by Crippen LogP contribution is 2.25. The molecule has 5 nitrogen and oxygen atoms in total. The van der Waals surface area contributed by atoms with Crippen molar-refractivity contribution in [2.75, 3.05) is 26.8 Å². The Morgan fingerprint density at radius 1 is 1.13 bits per heavy atom. The zero-order chi connectivity index (χ0) is 16.5. The number of rotatable bonds is 9. The third-order valence-corrected chi connectivity index (χ3v) is 3.67. The van der Waals surface area contributed by atoms with Crippen LogP contribution in [0.25, 0.3) is 0 Å². The fourth-order valence-electron chi connectivity index (χ4n) is 2.37. The van der Waals surface area contributed by atoms with E-state index in [2.05, 4.69) is 0 Å². The Labute approximate surface area is 137 Å². The van der Waals surface area contributed by atoms with E-state index < -0.39 is 0 Å². The van der Waals surface area contributed by atoms with Crippen LogP contribution in [0.3, 0.4) is 0 Å². The molecule has 0 spiro atoms. The molecule has 0 atom stereocenters. The van der Waals surface area contributed by atoms with Crippen LogP contribution in [0.5, 0.6) is 11.5 Å². The molecule has 0 radical (unpaired) electrons. The molecule has 0 saturated heterocycles. The third kappa shape index (κ3) is 5.06. The monoisotopic (exact) mass is 316 g/mol. The van der Waals surface area contributed by atoms with Crippen molar-refractivity contribution in [2.45, 2.75) is 19.9 Å². The van der Waals surface area contributed by atoms with E-state index in [0.29, 0.717) is 44.2 Å². The number of ether oxygens (including phenoxy) is 2. The van der Waals surface area contributed by atoms with E-state index >= 15 is 0 Å². The predicted molar refractivity (Wildman–Crippen MR) is 89.8 cm³/mol. The minimum absolute atomic E-state index is 0.143. The molecule has 0 saturated carbocycles. The molecular formula is C18H24N2O3. The molecule has 124 valence electrons. The number of amides is 1. The summed E-state index contributed by atoms with van der Waals surface area (Å²) in [5, 5.41) is 0. The van der Waals surface area contributed by atoms with Crippen LogP contribution in [0.15, 0.2) is 48.8 Å². The van der Waals surface area contributed by atoms with E-state index in [4.69, 9.17) is 9.47 Å². The highest BCUT2D eigenvalue weighted by atomic mass is 16.5. The predicted octanol–water partition coefficient (Wildman–Crippen LogP) is 2.81. The van der Waals surface area contributed by atoms with Crippen LogP contribution in [0, 0.1) is 0 Å². The first-order valence-corrected chi connectivity index (χ1v) is 7.89. The smallest absolute Gasteiger partial charge is 0.224 e. The van der Waals surface area contributed by atoms with Crippen molar-refractivity contribution in [3.05, 3.63) is 48.8 Å². The first-order valence-electron chi connectivity index (χ1n) is 7.89. The second kappa shape index (κ2) is 8.88. The average Bonchev–Trinajstić information content (AvgIpc) is 3.10. The molecule has 0 bridgehead atoms. The molecule has 1 aromatic carbocycles. The Morgan fingerprint density at radius 2 is 1.83 bits per heavy atom. The van der Waals surface area contributed by atoms with Gasteiger partial charge in [0.2, 0.25) is 5.91 Å². The molecule has 1 aromatic heterocycles. The largest absolute Gasteiger partial charge is 0.493 e. The molecule has 0 fully saturated rings. The summed E-state index contributed by atoms with van der Waals surface area (Å²) >= 11 is 0. The SMILES string of the molecule is CCN(CCOc1ccccc1OC)C(=O)CCn1cccc1. The molecule has 0 N–H and O–H groups in total. The number of aromatic nitrogens is 1. The highest BCUT2D eigenvalue weighted by molar-refractivity contribution is 5.76. The number of methoxy groups -OCH3 is 1. The van der Waals surface area contributed by atoms with Crippen LogP contribution in [-0.4, -0.2) is 42.2 Å². The van der Waals surface area contributed by atoms with Crippen LogP contribution in [0.1, 0.15) is 13.3 Å². The Balaban J connectivity index is 1.78. The van der Waals surface area contributed by atoms with E-state index in [1.54, 1.807) is 7.11 Å². The maximum Gasteiger partial charge on any atom is 0.224 e. The zero-order valence-corrected chi connectivity index (χ0v) is 13.8. The maximum absolute atomic E-state index is 12.3. The Hall–Kier alpha value is -2.43. The van der Waals surface area contributed by atoms with Gasteiger partial charge in [0.05, 0.1) is 13.7 Å². The number of likely N-dealkylation sites (N-methyl/N-ethyl adjacent to an activating group) is 1. The zero-order valence-electron chi connectivity index (χ0n) is 13.8. The molecule has 2 aromatic rings. The quantitative estimate of drug-likeness (QED) is 0.714. The van der Waals surface area contributed by atoms with Crippen LogP contribution < -0.4 is 9.47 Å². The molecule has 0 aliphatic rings. The van der Waals surface area contributed by atoms with Gasteiger partial charge in [-0.25, -0.2) is 0 Å². The molecule has 23 heavy (non-hydrogen) atoms. The number of para-hydroxylation sites is 2. The summed E-state index contributed by atoms with van der Waals surface area (Å²) in [5.41, 5.74) is 0. The molecule has 0 unspecified atom stereocenters. The summed E-state index contributed by atoms with van der Waals surface area (Å²) in [6, 6.07) is 11.4. The van der Waals surface area contributed by atoms with Gasteiger partial charge in [0.25, 0.3) is 0 Å². The van der Waals surface area contributed by atoms with Gasteiger partial charge < -0.3 is 18.9 Å². The van der Waals surface area contributed by atoms with Crippen molar-refractivity contribution < 1.29 is 14.3 Å². The van der Waals surface area contributed by atoms with Crippen molar-refractivity contribution in [1.82, 2.24) is 9.47 Å². The normalized spacial score (nSPS) is 10.3. The van der Waals surface area contributed by atoms with Crippen molar-refractivity contribution in [3.63, 3.8) is 0 Å². The lowest BCUT2D eigenvalue weighted by Gasteiger charge is -2.21. The van der Waals surface area contributed by atoms with Gasteiger partial charge >= 0.3 is 0 Å². The van der Waals surface area contributed by atoms with Gasteiger partial charge in [-0.1, -0.05) is 12.1 Å². The van der Waals surface area contributed by atoms with Crippen molar-refractivity contribution >= 4 is 5.91 Å². The Morgan fingerprint density at radius 3 is 2.48 bits per heavy atom. The number of aryl methyl sites for hydroxylation is 1. The van der Waals surface area contributed by atoms with E-state index in [9.17, 15) is 4.79 Å². The fourth-order valence-corrected chi connectivity index (χ4v) is 2.37. The molecule has 2 rings (SSSR count). The molecule has 1 amide bonds. The lowest BCUT2D eigenvalue weighted by molar-refractivity contribution is -0.131. The first kappa shape index (κ1) is 16.9. The fraction of sp³-hybridized carbons (Fsp3) is 0.389. The Kier molecular flexibility index (Phi) is 6.54. The van der Waals surface area contributed by atoms with Gasteiger partial charge in [0.15, 0.2) is 11.5 Å². The van der Waals surface area contributed by atoms with Crippen LogP contribution in [-0.2, 0) is 11.3 Å². The lowest BCUT2D eigenvalue weighted by atomic mass is 10.3. The summed E-state index contributed by atoms with van der Waals surface area (Å²) in [6.45, 7) is 4.38. The maximum atomic E-state index is 12.3. The van der Waals surface area contributed by atoms with E-state index in [1.807, 2.05) is 65.2 Å². The molecule has 5 heteroatoms. The van der Waals surface area contributed by atoms with Gasteiger partial charge in [0.1, 0.15) is 6.61 Å². The number of carbonyl (C=O) groups is 1. The third-order valence-electron chi connectivity index (χ3n) is 3.67. The highest BCUT2D eigenvalue weighted by Gasteiger charge is 2.12. The summed E-state index contributed by atoms with van der Waals surface area (Å²) in [4.78, 5) is 14.1.